The molecular weight excluding hydrogens is 260 g/mol. The number of hydrogen-bond acceptors (Lipinski definition) is 1. The summed E-state index contributed by atoms with van der Waals surface area (Å²) < 4.78 is 6.29. The third kappa shape index (κ3) is 2.43. The molecule has 0 aliphatic carbocycles. The number of benzene rings is 2. The fraction of sp³-hybridized carbons (Fsp3) is 0.222. The standard InChI is InChI=1S/C18H20OSi/c1-20(2,16-11-7-4-8-12-16)18-14-13-17(19-18)15-9-5-3-6-10-15/h3-12,14,17H,13H2,1-2H3. The molecule has 3 rings (SSSR count). The van der Waals surface area contributed by atoms with Gasteiger partial charge in [-0.2, -0.15) is 0 Å². The van der Waals surface area contributed by atoms with Crippen molar-refractivity contribution in [3.05, 3.63) is 77.7 Å². The second-order valence-corrected chi connectivity index (χ2v) is 10.1. The van der Waals surface area contributed by atoms with E-state index in [4.69, 9.17) is 4.74 Å². The Hall–Kier alpha value is -1.80. The zero-order valence-electron chi connectivity index (χ0n) is 12.0. The largest absolute Gasteiger partial charge is 0.495 e. The van der Waals surface area contributed by atoms with Crippen molar-refractivity contribution in [1.29, 1.82) is 0 Å². The Morgan fingerprint density at radius 1 is 0.900 bits per heavy atom. The summed E-state index contributed by atoms with van der Waals surface area (Å²) >= 11 is 0. The van der Waals surface area contributed by atoms with Gasteiger partial charge < -0.3 is 4.74 Å². The molecule has 0 amide bonds. The molecule has 0 N–H and O–H groups in total. The second-order valence-electron chi connectivity index (χ2n) is 5.81. The van der Waals surface area contributed by atoms with Gasteiger partial charge in [0.05, 0.1) is 5.38 Å². The lowest BCUT2D eigenvalue weighted by Gasteiger charge is -2.26. The molecule has 2 aromatic rings. The van der Waals surface area contributed by atoms with Gasteiger partial charge in [-0.3, -0.25) is 0 Å². The van der Waals surface area contributed by atoms with Gasteiger partial charge in [0, 0.05) is 6.42 Å². The van der Waals surface area contributed by atoms with Crippen LogP contribution in [-0.4, -0.2) is 8.07 Å². The lowest BCUT2D eigenvalue weighted by Crippen LogP contribution is -2.44. The Morgan fingerprint density at radius 2 is 1.50 bits per heavy atom. The van der Waals surface area contributed by atoms with E-state index in [1.54, 1.807) is 0 Å². The number of rotatable bonds is 3. The summed E-state index contributed by atoms with van der Waals surface area (Å²) in [6, 6.07) is 21.3. The Labute approximate surface area is 121 Å². The van der Waals surface area contributed by atoms with Crippen LogP contribution in [0.15, 0.2) is 72.1 Å². The van der Waals surface area contributed by atoms with Crippen LogP contribution < -0.4 is 5.19 Å². The van der Waals surface area contributed by atoms with Gasteiger partial charge in [-0.25, -0.2) is 0 Å². The van der Waals surface area contributed by atoms with Gasteiger partial charge in [-0.15, -0.1) is 0 Å². The van der Waals surface area contributed by atoms with Gasteiger partial charge in [0.1, 0.15) is 6.10 Å². The monoisotopic (exact) mass is 280 g/mol. The van der Waals surface area contributed by atoms with Crippen LogP contribution in [0.5, 0.6) is 0 Å². The molecular formula is C18H20OSi. The average Bonchev–Trinajstić information content (AvgIpc) is 3.00. The third-order valence-corrected chi connectivity index (χ3v) is 7.40. The Balaban J connectivity index is 1.80. The molecule has 0 saturated heterocycles. The van der Waals surface area contributed by atoms with Crippen molar-refractivity contribution in [2.24, 2.45) is 0 Å². The average molecular weight is 280 g/mol. The van der Waals surface area contributed by atoms with Crippen molar-refractivity contribution in [2.75, 3.05) is 0 Å². The van der Waals surface area contributed by atoms with E-state index in [0.717, 1.165) is 6.42 Å². The number of hydrogen-bond donors (Lipinski definition) is 0. The maximum atomic E-state index is 6.29. The van der Waals surface area contributed by atoms with Crippen molar-refractivity contribution in [2.45, 2.75) is 25.6 Å². The minimum atomic E-state index is -1.68. The minimum Gasteiger partial charge on any atom is -0.495 e. The molecule has 1 atom stereocenters. The zero-order chi connectivity index (χ0) is 14.0. The molecule has 0 bridgehead atoms. The van der Waals surface area contributed by atoms with Crippen LogP contribution in [0.2, 0.25) is 13.1 Å². The SMILES string of the molecule is C[Si](C)(C1=CCC(c2ccccc2)O1)c1ccccc1. The first kappa shape index (κ1) is 13.2. The van der Waals surface area contributed by atoms with E-state index in [2.05, 4.69) is 79.8 Å². The van der Waals surface area contributed by atoms with E-state index in [-0.39, 0.29) is 6.10 Å². The summed E-state index contributed by atoms with van der Waals surface area (Å²) in [6.45, 7) is 4.73. The molecule has 0 fully saturated rings. The van der Waals surface area contributed by atoms with E-state index in [0.29, 0.717) is 0 Å². The molecule has 1 aliphatic heterocycles. The van der Waals surface area contributed by atoms with Gasteiger partial charge in [0.2, 0.25) is 0 Å². The molecule has 1 heterocycles. The topological polar surface area (TPSA) is 9.23 Å². The molecule has 1 unspecified atom stereocenters. The highest BCUT2D eigenvalue weighted by Crippen LogP contribution is 2.34. The maximum Gasteiger partial charge on any atom is 0.155 e. The van der Waals surface area contributed by atoms with Crippen LogP contribution in [0.4, 0.5) is 0 Å². The van der Waals surface area contributed by atoms with Crippen LogP contribution in [0.1, 0.15) is 18.1 Å². The first-order valence-electron chi connectivity index (χ1n) is 7.16. The van der Waals surface area contributed by atoms with Crippen LogP contribution in [-0.2, 0) is 4.74 Å². The predicted molar refractivity (Wildman–Crippen MR) is 86.5 cm³/mol. The van der Waals surface area contributed by atoms with E-state index in [9.17, 15) is 0 Å². The fourth-order valence-electron chi connectivity index (χ4n) is 2.73. The van der Waals surface area contributed by atoms with Gasteiger partial charge in [-0.1, -0.05) is 78.9 Å². The normalized spacial score (nSPS) is 18.5. The molecule has 2 heteroatoms. The lowest BCUT2D eigenvalue weighted by molar-refractivity contribution is 0.160. The van der Waals surface area contributed by atoms with Gasteiger partial charge in [-0.05, 0) is 11.6 Å². The molecule has 0 aromatic heterocycles. The molecule has 1 nitrogen and oxygen atoms in total. The van der Waals surface area contributed by atoms with E-state index >= 15 is 0 Å². The highest BCUT2D eigenvalue weighted by molar-refractivity contribution is 6.95. The minimum absolute atomic E-state index is 0.196. The Bertz CT molecular complexity index is 602. The summed E-state index contributed by atoms with van der Waals surface area (Å²) in [7, 11) is -1.68. The van der Waals surface area contributed by atoms with E-state index in [1.165, 1.54) is 16.1 Å². The predicted octanol–water partition coefficient (Wildman–Crippen LogP) is 4.19. The quantitative estimate of drug-likeness (QED) is 0.766. The maximum absolute atomic E-state index is 6.29. The van der Waals surface area contributed by atoms with E-state index < -0.39 is 8.07 Å². The van der Waals surface area contributed by atoms with Crippen LogP contribution in [0, 0.1) is 0 Å². The fourth-order valence-corrected chi connectivity index (χ4v) is 5.11. The van der Waals surface area contributed by atoms with Crippen molar-refractivity contribution >= 4 is 13.3 Å². The molecule has 1 aliphatic rings. The third-order valence-electron chi connectivity index (χ3n) is 4.07. The summed E-state index contributed by atoms with van der Waals surface area (Å²) in [5, 5.41) is 2.65. The van der Waals surface area contributed by atoms with Crippen LogP contribution in [0.3, 0.4) is 0 Å². The molecule has 102 valence electrons. The van der Waals surface area contributed by atoms with Crippen molar-refractivity contribution in [3.8, 4) is 0 Å². The number of ether oxygens (including phenoxy) is 1. The molecule has 2 aromatic carbocycles. The molecule has 0 radical (unpaired) electrons. The molecule has 0 spiro atoms. The second kappa shape index (κ2) is 5.29. The van der Waals surface area contributed by atoms with Gasteiger partial charge in [0.15, 0.2) is 8.07 Å². The van der Waals surface area contributed by atoms with Crippen molar-refractivity contribution in [3.63, 3.8) is 0 Å². The lowest BCUT2D eigenvalue weighted by atomic mass is 10.1. The van der Waals surface area contributed by atoms with Gasteiger partial charge in [0.25, 0.3) is 0 Å². The summed E-state index contributed by atoms with van der Waals surface area (Å²) in [4.78, 5) is 0. The highest BCUT2D eigenvalue weighted by atomic mass is 28.3. The molecule has 20 heavy (non-hydrogen) atoms. The summed E-state index contributed by atoms with van der Waals surface area (Å²) in [6.07, 6.45) is 3.49. The zero-order valence-corrected chi connectivity index (χ0v) is 13.0. The molecule has 0 saturated carbocycles. The first-order chi connectivity index (χ1) is 9.68. The first-order valence-corrected chi connectivity index (χ1v) is 10.2. The smallest absolute Gasteiger partial charge is 0.155 e. The van der Waals surface area contributed by atoms with Crippen LogP contribution >= 0.6 is 0 Å². The van der Waals surface area contributed by atoms with Crippen LogP contribution in [0.25, 0.3) is 0 Å². The van der Waals surface area contributed by atoms with Crippen molar-refractivity contribution in [1.82, 2.24) is 0 Å². The summed E-state index contributed by atoms with van der Waals surface area (Å²) in [5.74, 6) is 0. The summed E-state index contributed by atoms with van der Waals surface area (Å²) in [5.41, 5.74) is 1.27. The Morgan fingerprint density at radius 3 is 2.15 bits per heavy atom. The van der Waals surface area contributed by atoms with Crippen molar-refractivity contribution < 1.29 is 4.74 Å². The Kier molecular flexibility index (Phi) is 3.49. The highest BCUT2D eigenvalue weighted by Gasteiger charge is 2.35. The van der Waals surface area contributed by atoms with Gasteiger partial charge >= 0.3 is 0 Å². The van der Waals surface area contributed by atoms with E-state index in [1.807, 2.05) is 0 Å².